The summed E-state index contributed by atoms with van der Waals surface area (Å²) in [5.41, 5.74) is 0.743. The van der Waals surface area contributed by atoms with Gasteiger partial charge in [-0.2, -0.15) is 10.2 Å². The predicted molar refractivity (Wildman–Crippen MR) is 217 cm³/mol. The van der Waals surface area contributed by atoms with E-state index in [0.29, 0.717) is 61.1 Å². The molecule has 1 aromatic carbocycles. The molecule has 1 aliphatic carbocycles. The van der Waals surface area contributed by atoms with Crippen molar-refractivity contribution in [2.24, 2.45) is 13.0 Å². The van der Waals surface area contributed by atoms with Gasteiger partial charge in [0.25, 0.3) is 18.3 Å². The molecular weight excluding hydrogens is 801 g/mol. The highest BCUT2D eigenvalue weighted by atomic mass is 19.3. The molecule has 4 fully saturated rings. The van der Waals surface area contributed by atoms with Crippen molar-refractivity contribution in [2.45, 2.75) is 88.3 Å². The summed E-state index contributed by atoms with van der Waals surface area (Å²) in [7, 11) is 3.27. The maximum Gasteiger partial charge on any atom is 0.329 e. The van der Waals surface area contributed by atoms with E-state index in [1.165, 1.54) is 30.7 Å². The second kappa shape index (κ2) is 15.9. The fraction of sp³-hybridized carbons (Fsp3) is 0.537. The molecule has 4 aromatic heterocycles. The molecule has 0 radical (unpaired) electrons. The van der Waals surface area contributed by atoms with Gasteiger partial charge in [0.15, 0.2) is 11.3 Å². The number of hydrogen-bond acceptors (Lipinski definition) is 10. The number of halogens is 4. The average Bonchev–Trinajstić information content (AvgIpc) is 4.05. The van der Waals surface area contributed by atoms with E-state index in [1.807, 2.05) is 6.07 Å². The fourth-order valence-electron chi connectivity index (χ4n) is 9.89. The first-order valence-electron chi connectivity index (χ1n) is 20.9. The normalized spacial score (nSPS) is 23.5. The Balaban J connectivity index is 0.830. The zero-order valence-corrected chi connectivity index (χ0v) is 33.9. The smallest absolute Gasteiger partial charge is 0.329 e. The monoisotopic (exact) mass is 848 g/mol. The minimum Gasteiger partial charge on any atom is -0.364 e. The highest BCUT2D eigenvalue weighted by Crippen LogP contribution is 2.39. The number of aromatic nitrogens is 7. The molecule has 3 amide bonds. The molecule has 2 atom stereocenters. The van der Waals surface area contributed by atoms with Crippen molar-refractivity contribution >= 4 is 51.6 Å². The summed E-state index contributed by atoms with van der Waals surface area (Å²) in [5.74, 6) is -3.87. The standard InChI is InChI=1S/C41H48F4N12O4/c1-51(31-14-18-54(23-41(31,44)45)28-6-5-7-29-35(28)52(2)40(61)57(29)30-12-13-33(58)49-39(30)60)21-24-8-10-25(11-9-24)56-22-27(34(50-56)36(42)43)47-38(59)26-20-46-55-19-15-32(48-37(26)55)53-16-3-4-17-53/h5-7,15,19-20,22,24-25,30-31,36H,3-4,8-14,16-18,21,23H2,1-2H3,(H,47,59)(H,49,58,60)/t24-,25-,30?,31?. The van der Waals surface area contributed by atoms with Crippen molar-refractivity contribution in [2.75, 3.05) is 54.9 Å². The molecule has 4 aliphatic rings. The summed E-state index contributed by atoms with van der Waals surface area (Å²) in [5, 5.41) is 13.4. The Kier molecular flexibility index (Phi) is 10.6. The lowest BCUT2D eigenvalue weighted by atomic mass is 9.85. The molecule has 20 heteroatoms. The Bertz CT molecular complexity index is 2550. The van der Waals surface area contributed by atoms with E-state index in [0.717, 1.165) is 31.7 Å². The van der Waals surface area contributed by atoms with Gasteiger partial charge >= 0.3 is 5.69 Å². The van der Waals surface area contributed by atoms with Crippen molar-refractivity contribution in [3.63, 3.8) is 0 Å². The van der Waals surface area contributed by atoms with Gasteiger partial charge in [0.05, 0.1) is 47.2 Å². The number of nitrogens with zero attached hydrogens (tertiary/aromatic N) is 10. The number of anilines is 3. The van der Waals surface area contributed by atoms with Crippen LogP contribution in [0.1, 0.15) is 92.3 Å². The molecule has 2 unspecified atom stereocenters. The van der Waals surface area contributed by atoms with Gasteiger partial charge in [-0.15, -0.1) is 0 Å². The predicted octanol–water partition coefficient (Wildman–Crippen LogP) is 4.92. The van der Waals surface area contributed by atoms with Crippen LogP contribution in [0, 0.1) is 5.92 Å². The number of imide groups is 1. The van der Waals surface area contributed by atoms with E-state index < -0.39 is 60.1 Å². The van der Waals surface area contributed by atoms with Crippen molar-refractivity contribution in [3.8, 4) is 0 Å². The number of nitrogens with one attached hydrogen (secondary N) is 2. The number of benzene rings is 1. The van der Waals surface area contributed by atoms with Crippen LogP contribution in [0.25, 0.3) is 16.7 Å². The van der Waals surface area contributed by atoms with E-state index in [2.05, 4.69) is 30.7 Å². The van der Waals surface area contributed by atoms with Crippen LogP contribution in [-0.4, -0.2) is 108 Å². The molecule has 5 aromatic rings. The Morgan fingerprint density at radius 2 is 1.79 bits per heavy atom. The minimum atomic E-state index is -3.10. The van der Waals surface area contributed by atoms with Gasteiger partial charge in [-0.05, 0) is 82.5 Å². The third-order valence-electron chi connectivity index (χ3n) is 13.0. The summed E-state index contributed by atoms with van der Waals surface area (Å²) in [6.07, 6.45) is 6.69. The highest BCUT2D eigenvalue weighted by molar-refractivity contribution is 6.08. The number of amides is 3. The maximum atomic E-state index is 16.1. The summed E-state index contributed by atoms with van der Waals surface area (Å²) < 4.78 is 66.5. The number of para-hydroxylation sites is 1. The van der Waals surface area contributed by atoms with Gasteiger partial charge < -0.3 is 15.1 Å². The summed E-state index contributed by atoms with van der Waals surface area (Å²) in [4.78, 5) is 61.5. The Morgan fingerprint density at radius 1 is 1.02 bits per heavy atom. The number of rotatable bonds is 10. The second-order valence-electron chi connectivity index (χ2n) is 16.9. The number of hydrogen-bond donors (Lipinski definition) is 2. The first kappa shape index (κ1) is 40.6. The van der Waals surface area contributed by atoms with Crippen LogP contribution in [0.2, 0.25) is 0 Å². The average molecular weight is 849 g/mol. The van der Waals surface area contributed by atoms with Crippen LogP contribution in [0.3, 0.4) is 0 Å². The zero-order chi connectivity index (χ0) is 42.7. The van der Waals surface area contributed by atoms with Crippen LogP contribution in [-0.2, 0) is 16.6 Å². The summed E-state index contributed by atoms with van der Waals surface area (Å²) >= 11 is 0. The van der Waals surface area contributed by atoms with Gasteiger partial charge in [-0.3, -0.25) is 38.4 Å². The number of aryl methyl sites for hydroxylation is 1. The quantitative estimate of drug-likeness (QED) is 0.146. The van der Waals surface area contributed by atoms with Crippen molar-refractivity contribution < 1.29 is 31.9 Å². The van der Waals surface area contributed by atoms with Crippen molar-refractivity contribution in [1.29, 1.82) is 0 Å². The number of imidazole rings is 1. The SMILES string of the molecule is CN(C[C@H]1CC[C@H](n2cc(NC(=O)c3cnn4ccc(N5CCCC5)nc34)c(C(F)F)n2)CC1)C1CCN(c2cccc3c2n(C)c(=O)n3C2CCC(=O)NC2=O)CC1(F)F. The molecule has 2 N–H and O–H groups in total. The third-order valence-corrected chi connectivity index (χ3v) is 13.0. The summed E-state index contributed by atoms with van der Waals surface area (Å²) in [6.45, 7) is 1.91. The van der Waals surface area contributed by atoms with E-state index in [9.17, 15) is 28.0 Å². The molecule has 3 saturated heterocycles. The van der Waals surface area contributed by atoms with Gasteiger partial charge in [0.1, 0.15) is 17.4 Å². The van der Waals surface area contributed by atoms with E-state index in [1.54, 1.807) is 48.3 Å². The van der Waals surface area contributed by atoms with Crippen LogP contribution in [0.15, 0.2) is 47.7 Å². The number of alkyl halides is 4. The lowest BCUT2D eigenvalue weighted by Gasteiger charge is -2.44. The van der Waals surface area contributed by atoms with Gasteiger partial charge in [0, 0.05) is 52.0 Å². The highest BCUT2D eigenvalue weighted by Gasteiger charge is 2.47. The van der Waals surface area contributed by atoms with Gasteiger partial charge in [-0.25, -0.2) is 31.9 Å². The van der Waals surface area contributed by atoms with Crippen LogP contribution in [0.5, 0.6) is 0 Å². The molecule has 1 saturated carbocycles. The molecule has 61 heavy (non-hydrogen) atoms. The fourth-order valence-corrected chi connectivity index (χ4v) is 9.89. The molecule has 7 heterocycles. The second-order valence-corrected chi connectivity index (χ2v) is 16.9. The number of carbonyl (C=O) groups is 3. The van der Waals surface area contributed by atoms with Crippen molar-refractivity contribution in [3.05, 3.63) is 64.6 Å². The molecular formula is C41H48F4N12O4. The first-order chi connectivity index (χ1) is 29.3. The number of piperidine rings is 2. The summed E-state index contributed by atoms with van der Waals surface area (Å²) in [6, 6.07) is 4.79. The number of carbonyl (C=O) groups excluding carboxylic acids is 3. The first-order valence-corrected chi connectivity index (χ1v) is 20.9. The van der Waals surface area contributed by atoms with E-state index in [4.69, 9.17) is 0 Å². The Hall–Kier alpha value is -5.79. The molecule has 0 spiro atoms. The maximum absolute atomic E-state index is 16.1. The molecule has 3 aliphatic heterocycles. The molecule has 9 rings (SSSR count). The topological polar surface area (TPSA) is 160 Å². The van der Waals surface area contributed by atoms with Crippen molar-refractivity contribution in [1.82, 2.24) is 43.7 Å². The van der Waals surface area contributed by atoms with E-state index >= 15 is 8.78 Å². The lowest BCUT2D eigenvalue weighted by Crippen LogP contribution is -2.58. The Morgan fingerprint density at radius 3 is 2.51 bits per heavy atom. The van der Waals surface area contributed by atoms with Gasteiger partial charge in [0.2, 0.25) is 11.8 Å². The lowest BCUT2D eigenvalue weighted by molar-refractivity contribution is -0.135. The molecule has 16 nitrogen and oxygen atoms in total. The zero-order valence-electron chi connectivity index (χ0n) is 33.9. The number of fused-ring (bicyclic) bond motifs is 2. The van der Waals surface area contributed by atoms with Crippen LogP contribution >= 0.6 is 0 Å². The van der Waals surface area contributed by atoms with Crippen LogP contribution < -0.4 is 26.1 Å². The minimum absolute atomic E-state index is 0.0872. The largest absolute Gasteiger partial charge is 0.364 e. The van der Waals surface area contributed by atoms with Gasteiger partial charge in [-0.1, -0.05) is 6.07 Å². The van der Waals surface area contributed by atoms with E-state index in [-0.39, 0.29) is 42.5 Å². The van der Waals surface area contributed by atoms with Crippen LogP contribution in [0.4, 0.5) is 34.8 Å². The third kappa shape index (κ3) is 7.52. The molecule has 324 valence electrons. The Labute approximate surface area is 347 Å². The molecule has 0 bridgehead atoms.